The first kappa shape index (κ1) is 16.6. The molecule has 2 N–H and O–H groups in total. The number of benzene rings is 1. The number of hydrogen-bond donors (Lipinski definition) is 2. The number of aromatic nitrogens is 2. The van der Waals surface area contributed by atoms with Crippen molar-refractivity contribution < 1.29 is 19.5 Å². The second-order valence-corrected chi connectivity index (χ2v) is 7.00. The molecule has 2 saturated heterocycles. The number of fused-ring (bicyclic) bond motifs is 1. The Morgan fingerprint density at radius 2 is 2.12 bits per heavy atom. The number of carbonyl (C=O) groups is 3. The van der Waals surface area contributed by atoms with Crippen molar-refractivity contribution in [3.63, 3.8) is 0 Å². The van der Waals surface area contributed by atoms with Gasteiger partial charge in [-0.3, -0.25) is 19.6 Å². The first-order chi connectivity index (χ1) is 12.4. The molecule has 3 heterocycles. The number of piperidine rings is 1. The number of carboxylic acid groups (broad SMARTS) is 1. The lowest BCUT2D eigenvalue weighted by Crippen LogP contribution is -2.39. The zero-order valence-electron chi connectivity index (χ0n) is 14.4. The minimum atomic E-state index is -0.880. The molecule has 2 aliphatic rings. The summed E-state index contributed by atoms with van der Waals surface area (Å²) >= 11 is 0. The highest BCUT2D eigenvalue weighted by molar-refractivity contribution is 6.02. The fraction of sp³-hybridized carbons (Fsp3) is 0.444. The Balaban J connectivity index is 1.66. The van der Waals surface area contributed by atoms with Gasteiger partial charge in [0.2, 0.25) is 11.8 Å². The van der Waals surface area contributed by atoms with E-state index in [9.17, 15) is 14.4 Å². The van der Waals surface area contributed by atoms with Gasteiger partial charge in [0.1, 0.15) is 0 Å². The van der Waals surface area contributed by atoms with E-state index in [1.807, 2.05) is 25.2 Å². The summed E-state index contributed by atoms with van der Waals surface area (Å²) in [6.45, 7) is 1.05. The third-order valence-electron chi connectivity index (χ3n) is 5.40. The van der Waals surface area contributed by atoms with Crippen LogP contribution in [0.1, 0.15) is 42.4 Å². The van der Waals surface area contributed by atoms with E-state index in [1.54, 1.807) is 4.68 Å². The molecule has 2 fully saturated rings. The highest BCUT2D eigenvalue weighted by atomic mass is 16.4. The molecule has 8 nitrogen and oxygen atoms in total. The van der Waals surface area contributed by atoms with Crippen LogP contribution in [-0.2, 0) is 16.6 Å². The average molecular weight is 356 g/mol. The van der Waals surface area contributed by atoms with Gasteiger partial charge in [-0.15, -0.1) is 0 Å². The Morgan fingerprint density at radius 1 is 1.31 bits per heavy atom. The number of hydrogen-bond acceptors (Lipinski definition) is 4. The van der Waals surface area contributed by atoms with E-state index >= 15 is 0 Å². The van der Waals surface area contributed by atoms with Gasteiger partial charge in [0.15, 0.2) is 0 Å². The summed E-state index contributed by atoms with van der Waals surface area (Å²) in [5.41, 5.74) is 2.69. The van der Waals surface area contributed by atoms with Crippen molar-refractivity contribution in [2.75, 3.05) is 13.1 Å². The zero-order valence-corrected chi connectivity index (χ0v) is 14.4. The largest absolute Gasteiger partial charge is 0.465 e. The van der Waals surface area contributed by atoms with Gasteiger partial charge < -0.3 is 10.0 Å². The number of nitrogens with one attached hydrogen (secondary N) is 1. The van der Waals surface area contributed by atoms with E-state index in [4.69, 9.17) is 5.11 Å². The third-order valence-corrected chi connectivity index (χ3v) is 5.40. The molecule has 0 aliphatic carbocycles. The van der Waals surface area contributed by atoms with Gasteiger partial charge in [-0.1, -0.05) is 12.1 Å². The van der Waals surface area contributed by atoms with E-state index in [1.165, 1.54) is 4.90 Å². The smallest absolute Gasteiger partial charge is 0.407 e. The molecule has 0 spiro atoms. The Morgan fingerprint density at radius 3 is 2.81 bits per heavy atom. The standard InChI is InChI=1S/C18H20N4O4/c1-21-14-8-10(11-6-7-22(9-11)18(25)26)2-3-12(14)16(20-21)13-4-5-15(23)19-17(13)24/h2-3,8,11,13H,4-7,9H2,1H3,(H,25,26)(H,19,23,24)/t11-,13?/m0/s1. The third kappa shape index (κ3) is 2.71. The summed E-state index contributed by atoms with van der Waals surface area (Å²) < 4.78 is 1.75. The predicted molar refractivity (Wildman–Crippen MR) is 92.8 cm³/mol. The minimum absolute atomic E-state index is 0.171. The summed E-state index contributed by atoms with van der Waals surface area (Å²) in [5.74, 6) is -0.781. The number of amides is 3. The molecule has 4 rings (SSSR count). The molecule has 8 heteroatoms. The molecular formula is C18H20N4O4. The molecule has 1 unspecified atom stereocenters. The van der Waals surface area contributed by atoms with E-state index in [2.05, 4.69) is 10.4 Å². The van der Waals surface area contributed by atoms with Crippen LogP contribution in [0.15, 0.2) is 18.2 Å². The van der Waals surface area contributed by atoms with E-state index in [0.29, 0.717) is 31.6 Å². The van der Waals surface area contributed by atoms with Crippen LogP contribution in [0.3, 0.4) is 0 Å². The lowest BCUT2D eigenvalue weighted by Gasteiger charge is -2.19. The fourth-order valence-corrected chi connectivity index (χ4v) is 3.97. The number of imide groups is 1. The van der Waals surface area contributed by atoms with Gasteiger partial charge in [0.25, 0.3) is 0 Å². The summed E-state index contributed by atoms with van der Waals surface area (Å²) in [4.78, 5) is 36.1. The maximum atomic E-state index is 12.2. The van der Waals surface area contributed by atoms with Crippen molar-refractivity contribution in [3.8, 4) is 0 Å². The van der Waals surface area contributed by atoms with Crippen molar-refractivity contribution in [1.82, 2.24) is 20.0 Å². The van der Waals surface area contributed by atoms with Crippen LogP contribution in [0.25, 0.3) is 10.9 Å². The zero-order chi connectivity index (χ0) is 18.4. The van der Waals surface area contributed by atoms with Crippen LogP contribution in [-0.4, -0.2) is 50.8 Å². The second kappa shape index (κ2) is 6.12. The van der Waals surface area contributed by atoms with Crippen molar-refractivity contribution in [2.45, 2.75) is 31.1 Å². The van der Waals surface area contributed by atoms with Crippen LogP contribution in [0.5, 0.6) is 0 Å². The van der Waals surface area contributed by atoms with Crippen LogP contribution in [0, 0.1) is 0 Å². The van der Waals surface area contributed by atoms with Gasteiger partial charge >= 0.3 is 6.09 Å². The molecule has 1 aromatic carbocycles. The van der Waals surface area contributed by atoms with E-state index in [-0.39, 0.29) is 17.7 Å². The maximum absolute atomic E-state index is 12.2. The topological polar surface area (TPSA) is 105 Å². The lowest BCUT2D eigenvalue weighted by molar-refractivity contribution is -0.134. The van der Waals surface area contributed by atoms with E-state index in [0.717, 1.165) is 22.9 Å². The summed E-state index contributed by atoms with van der Waals surface area (Å²) in [7, 11) is 1.83. The molecule has 136 valence electrons. The summed E-state index contributed by atoms with van der Waals surface area (Å²) in [5, 5.41) is 17.0. The average Bonchev–Trinajstić information content (AvgIpc) is 3.21. The van der Waals surface area contributed by atoms with Crippen molar-refractivity contribution in [2.24, 2.45) is 7.05 Å². The minimum Gasteiger partial charge on any atom is -0.465 e. The number of nitrogens with zero attached hydrogens (tertiary/aromatic N) is 3. The molecule has 26 heavy (non-hydrogen) atoms. The Bertz CT molecular complexity index is 919. The van der Waals surface area contributed by atoms with Crippen molar-refractivity contribution in [3.05, 3.63) is 29.5 Å². The Kier molecular flexibility index (Phi) is 3.90. The second-order valence-electron chi connectivity index (χ2n) is 7.00. The molecule has 3 amide bonds. The van der Waals surface area contributed by atoms with Crippen LogP contribution < -0.4 is 5.32 Å². The highest BCUT2D eigenvalue weighted by Gasteiger charge is 2.32. The molecule has 0 bridgehead atoms. The molecular weight excluding hydrogens is 336 g/mol. The van der Waals surface area contributed by atoms with Gasteiger partial charge in [-0.25, -0.2) is 4.79 Å². The molecule has 2 aliphatic heterocycles. The quantitative estimate of drug-likeness (QED) is 0.795. The molecule has 0 saturated carbocycles. The Labute approximate surface area is 149 Å². The van der Waals surface area contributed by atoms with Crippen molar-refractivity contribution in [1.29, 1.82) is 0 Å². The molecule has 1 aromatic heterocycles. The number of likely N-dealkylation sites (tertiary alicyclic amines) is 1. The lowest BCUT2D eigenvalue weighted by atomic mass is 9.91. The van der Waals surface area contributed by atoms with Gasteiger partial charge in [0, 0.05) is 37.9 Å². The van der Waals surface area contributed by atoms with Crippen LogP contribution >= 0.6 is 0 Å². The predicted octanol–water partition coefficient (Wildman–Crippen LogP) is 1.56. The highest BCUT2D eigenvalue weighted by Crippen LogP contribution is 2.34. The van der Waals surface area contributed by atoms with Crippen molar-refractivity contribution >= 4 is 28.8 Å². The molecule has 2 atom stereocenters. The SMILES string of the molecule is Cn1nc(C2CCC(=O)NC2=O)c2ccc([C@H]3CCN(C(=O)O)C3)cc21. The van der Waals surface area contributed by atoms with Crippen LogP contribution in [0.2, 0.25) is 0 Å². The van der Waals surface area contributed by atoms with Crippen LogP contribution in [0.4, 0.5) is 4.79 Å². The summed E-state index contributed by atoms with van der Waals surface area (Å²) in [6.07, 6.45) is 0.707. The number of rotatable bonds is 2. The normalized spacial score (nSPS) is 23.5. The van der Waals surface area contributed by atoms with Gasteiger partial charge in [-0.05, 0) is 24.5 Å². The summed E-state index contributed by atoms with van der Waals surface area (Å²) in [6, 6.07) is 5.99. The molecule has 0 radical (unpaired) electrons. The fourth-order valence-electron chi connectivity index (χ4n) is 3.97. The number of carbonyl (C=O) groups excluding carboxylic acids is 2. The monoisotopic (exact) mass is 356 g/mol. The van der Waals surface area contributed by atoms with E-state index < -0.39 is 12.0 Å². The Hall–Kier alpha value is -2.90. The number of aryl methyl sites for hydroxylation is 1. The van der Waals surface area contributed by atoms with Gasteiger partial charge in [-0.2, -0.15) is 5.10 Å². The first-order valence-corrected chi connectivity index (χ1v) is 8.72. The van der Waals surface area contributed by atoms with Gasteiger partial charge in [0.05, 0.1) is 17.1 Å². The maximum Gasteiger partial charge on any atom is 0.407 e. The molecule has 2 aromatic rings. The first-order valence-electron chi connectivity index (χ1n) is 8.72.